The van der Waals surface area contributed by atoms with Crippen LogP contribution >= 0.6 is 0 Å². The molecule has 1 aromatic carbocycles. The second kappa shape index (κ2) is 8.57. The minimum Gasteiger partial charge on any atom is -0.381 e. The molecule has 1 fully saturated rings. The van der Waals surface area contributed by atoms with E-state index in [2.05, 4.69) is 20.7 Å². The van der Waals surface area contributed by atoms with Crippen LogP contribution in [0.25, 0.3) is 11.0 Å². The molecule has 0 unspecified atom stereocenters. The standard InChI is InChI=1S/C21H24FN5O2/c1-2-27-20-16(13-25-27)19(26-15-7-9-29-10-8-15)17(12-23-20)21(28)24-11-14-5-3-4-6-18(14)22/h3-6,12-13,15H,2,7-11H2,1H3,(H,23,26)(H,24,28). The molecule has 4 rings (SSSR count). The molecule has 1 aliphatic heterocycles. The summed E-state index contributed by atoms with van der Waals surface area (Å²) in [4.78, 5) is 17.4. The topological polar surface area (TPSA) is 81.1 Å². The molecule has 0 aliphatic carbocycles. The molecule has 1 amide bonds. The van der Waals surface area contributed by atoms with Gasteiger partial charge in [-0.3, -0.25) is 4.79 Å². The Balaban J connectivity index is 1.63. The van der Waals surface area contributed by atoms with E-state index < -0.39 is 0 Å². The molecular weight excluding hydrogens is 373 g/mol. The van der Waals surface area contributed by atoms with Gasteiger partial charge in [-0.15, -0.1) is 0 Å². The molecule has 7 nitrogen and oxygen atoms in total. The summed E-state index contributed by atoms with van der Waals surface area (Å²) in [6, 6.07) is 6.61. The van der Waals surface area contributed by atoms with E-state index in [9.17, 15) is 9.18 Å². The van der Waals surface area contributed by atoms with Crippen molar-refractivity contribution in [1.82, 2.24) is 20.1 Å². The van der Waals surface area contributed by atoms with Crippen LogP contribution in [0.5, 0.6) is 0 Å². The lowest BCUT2D eigenvalue weighted by molar-refractivity contribution is 0.0904. The molecule has 2 aromatic heterocycles. The number of hydrogen-bond donors (Lipinski definition) is 2. The Hall–Kier alpha value is -3.00. The number of anilines is 1. The molecule has 0 spiro atoms. The molecule has 0 bridgehead atoms. The first-order valence-corrected chi connectivity index (χ1v) is 9.87. The fraction of sp³-hybridized carbons (Fsp3) is 0.381. The molecule has 1 aliphatic rings. The summed E-state index contributed by atoms with van der Waals surface area (Å²) in [6.45, 7) is 4.17. The Bertz CT molecular complexity index is 1010. The van der Waals surface area contributed by atoms with E-state index in [-0.39, 0.29) is 24.3 Å². The van der Waals surface area contributed by atoms with Crippen LogP contribution in [0.2, 0.25) is 0 Å². The number of pyridine rings is 1. The molecule has 152 valence electrons. The van der Waals surface area contributed by atoms with E-state index in [1.165, 1.54) is 6.07 Å². The number of ether oxygens (including phenoxy) is 1. The van der Waals surface area contributed by atoms with E-state index in [0.29, 0.717) is 36.6 Å². The number of fused-ring (bicyclic) bond motifs is 1. The molecule has 29 heavy (non-hydrogen) atoms. The number of amides is 1. The first-order valence-electron chi connectivity index (χ1n) is 9.87. The molecule has 1 saturated heterocycles. The minimum absolute atomic E-state index is 0.106. The van der Waals surface area contributed by atoms with Gasteiger partial charge in [-0.05, 0) is 25.8 Å². The van der Waals surface area contributed by atoms with Crippen molar-refractivity contribution in [2.24, 2.45) is 0 Å². The van der Waals surface area contributed by atoms with Gasteiger partial charge in [0.15, 0.2) is 5.65 Å². The average Bonchev–Trinajstić information content (AvgIpc) is 3.17. The van der Waals surface area contributed by atoms with Gasteiger partial charge in [-0.2, -0.15) is 5.10 Å². The molecule has 8 heteroatoms. The summed E-state index contributed by atoms with van der Waals surface area (Å²) in [7, 11) is 0. The van der Waals surface area contributed by atoms with Gasteiger partial charge in [-0.1, -0.05) is 18.2 Å². The molecule has 0 radical (unpaired) electrons. The van der Waals surface area contributed by atoms with Crippen LogP contribution in [0.1, 0.15) is 35.7 Å². The van der Waals surface area contributed by atoms with Crippen molar-refractivity contribution >= 4 is 22.6 Å². The Morgan fingerprint density at radius 1 is 1.28 bits per heavy atom. The van der Waals surface area contributed by atoms with Gasteiger partial charge in [0.05, 0.1) is 22.8 Å². The first kappa shape index (κ1) is 19.3. The second-order valence-electron chi connectivity index (χ2n) is 7.05. The van der Waals surface area contributed by atoms with Crippen LogP contribution in [0.15, 0.2) is 36.7 Å². The highest BCUT2D eigenvalue weighted by Gasteiger charge is 2.22. The van der Waals surface area contributed by atoms with Crippen LogP contribution < -0.4 is 10.6 Å². The van der Waals surface area contributed by atoms with Crippen LogP contribution in [-0.4, -0.2) is 39.9 Å². The predicted molar refractivity (Wildman–Crippen MR) is 108 cm³/mol. The Morgan fingerprint density at radius 3 is 2.83 bits per heavy atom. The summed E-state index contributed by atoms with van der Waals surface area (Å²) in [5, 5.41) is 11.5. The van der Waals surface area contributed by atoms with E-state index in [4.69, 9.17) is 4.74 Å². The smallest absolute Gasteiger partial charge is 0.255 e. The number of rotatable bonds is 6. The van der Waals surface area contributed by atoms with Crippen LogP contribution in [0.3, 0.4) is 0 Å². The van der Waals surface area contributed by atoms with Gasteiger partial charge < -0.3 is 15.4 Å². The van der Waals surface area contributed by atoms with E-state index in [1.807, 2.05) is 6.92 Å². The molecular formula is C21H24FN5O2. The highest BCUT2D eigenvalue weighted by atomic mass is 19.1. The van der Waals surface area contributed by atoms with Gasteiger partial charge >= 0.3 is 0 Å². The normalized spacial score (nSPS) is 14.8. The fourth-order valence-electron chi connectivity index (χ4n) is 3.54. The molecule has 0 atom stereocenters. The molecule has 3 heterocycles. The summed E-state index contributed by atoms with van der Waals surface area (Å²) in [6.07, 6.45) is 5.03. The van der Waals surface area contributed by atoms with Gasteiger partial charge in [0, 0.05) is 44.1 Å². The van der Waals surface area contributed by atoms with Crippen molar-refractivity contribution in [1.29, 1.82) is 0 Å². The number of hydrogen-bond acceptors (Lipinski definition) is 5. The van der Waals surface area contributed by atoms with Gasteiger partial charge in [-0.25, -0.2) is 14.1 Å². The number of nitrogens with zero attached hydrogens (tertiary/aromatic N) is 3. The zero-order chi connectivity index (χ0) is 20.2. The molecule has 2 N–H and O–H groups in total. The minimum atomic E-state index is -0.342. The summed E-state index contributed by atoms with van der Waals surface area (Å²) in [5.41, 5.74) is 2.31. The van der Waals surface area contributed by atoms with Crippen LogP contribution in [0, 0.1) is 5.82 Å². The summed E-state index contributed by atoms with van der Waals surface area (Å²) in [5.74, 6) is -0.646. The number of benzene rings is 1. The third-order valence-corrected chi connectivity index (χ3v) is 5.18. The highest BCUT2D eigenvalue weighted by molar-refractivity contribution is 6.06. The highest BCUT2D eigenvalue weighted by Crippen LogP contribution is 2.28. The van der Waals surface area contributed by atoms with E-state index in [1.54, 1.807) is 35.3 Å². The lowest BCUT2D eigenvalue weighted by atomic mass is 10.1. The first-order chi connectivity index (χ1) is 14.2. The van der Waals surface area contributed by atoms with Crippen molar-refractivity contribution in [3.05, 3.63) is 53.6 Å². The van der Waals surface area contributed by atoms with Crippen molar-refractivity contribution in [2.45, 2.75) is 38.9 Å². The monoisotopic (exact) mass is 397 g/mol. The second-order valence-corrected chi connectivity index (χ2v) is 7.05. The van der Waals surface area contributed by atoms with Crippen LogP contribution in [0.4, 0.5) is 10.1 Å². The predicted octanol–water partition coefficient (Wildman–Crippen LogP) is 3.11. The zero-order valence-electron chi connectivity index (χ0n) is 16.3. The quantitative estimate of drug-likeness (QED) is 0.668. The van der Waals surface area contributed by atoms with E-state index >= 15 is 0 Å². The largest absolute Gasteiger partial charge is 0.381 e. The van der Waals surface area contributed by atoms with Crippen molar-refractivity contribution in [3.63, 3.8) is 0 Å². The lowest BCUT2D eigenvalue weighted by Gasteiger charge is -2.25. The van der Waals surface area contributed by atoms with E-state index in [0.717, 1.165) is 23.9 Å². The molecule has 0 saturated carbocycles. The number of carbonyl (C=O) groups excluding carboxylic acids is 1. The number of nitrogens with one attached hydrogen (secondary N) is 2. The SMILES string of the molecule is CCn1ncc2c(NC3CCOCC3)c(C(=O)NCc3ccccc3F)cnc21. The average molecular weight is 397 g/mol. The number of carbonyl (C=O) groups is 1. The Labute approximate surface area is 168 Å². The number of aryl methyl sites for hydroxylation is 1. The number of halogens is 1. The third kappa shape index (κ3) is 4.07. The molecule has 3 aromatic rings. The van der Waals surface area contributed by atoms with Gasteiger partial charge in [0.1, 0.15) is 5.82 Å². The lowest BCUT2D eigenvalue weighted by Crippen LogP contribution is -2.30. The van der Waals surface area contributed by atoms with Crippen molar-refractivity contribution in [2.75, 3.05) is 18.5 Å². The Morgan fingerprint density at radius 2 is 2.07 bits per heavy atom. The zero-order valence-corrected chi connectivity index (χ0v) is 16.3. The maximum absolute atomic E-state index is 13.9. The Kier molecular flexibility index (Phi) is 5.71. The maximum Gasteiger partial charge on any atom is 0.255 e. The van der Waals surface area contributed by atoms with Crippen molar-refractivity contribution in [3.8, 4) is 0 Å². The van der Waals surface area contributed by atoms with Gasteiger partial charge in [0.25, 0.3) is 5.91 Å². The number of aromatic nitrogens is 3. The van der Waals surface area contributed by atoms with Crippen LogP contribution in [-0.2, 0) is 17.8 Å². The van der Waals surface area contributed by atoms with Gasteiger partial charge in [0.2, 0.25) is 0 Å². The maximum atomic E-state index is 13.9. The summed E-state index contributed by atoms with van der Waals surface area (Å²) >= 11 is 0. The fourth-order valence-corrected chi connectivity index (χ4v) is 3.54. The van der Waals surface area contributed by atoms with Crippen molar-refractivity contribution < 1.29 is 13.9 Å². The summed E-state index contributed by atoms with van der Waals surface area (Å²) < 4.78 is 21.1. The third-order valence-electron chi connectivity index (χ3n) is 5.18.